The maximum atomic E-state index is 5.24. The molecule has 1 aromatic carbocycles. The van der Waals surface area contributed by atoms with Crippen LogP contribution in [0.1, 0.15) is 5.56 Å². The van der Waals surface area contributed by atoms with Gasteiger partial charge in [-0.15, -0.1) is 0 Å². The number of nitrogens with one attached hydrogen (secondary N) is 1. The molecule has 2 heterocycles. The Kier molecular flexibility index (Phi) is 2.14. The van der Waals surface area contributed by atoms with E-state index in [4.69, 9.17) is 4.74 Å². The van der Waals surface area contributed by atoms with Crippen LogP contribution in [-0.2, 0) is 0 Å². The number of rotatable bonds is 2. The summed E-state index contributed by atoms with van der Waals surface area (Å²) in [5.41, 5.74) is 2.30. The van der Waals surface area contributed by atoms with Gasteiger partial charge in [0.2, 0.25) is 0 Å². The Morgan fingerprint density at radius 3 is 2.94 bits per heavy atom. The molecule has 0 radical (unpaired) electrons. The van der Waals surface area contributed by atoms with Crippen molar-refractivity contribution in [3.05, 3.63) is 42.5 Å². The highest BCUT2D eigenvalue weighted by Gasteiger charge is 2.09. The van der Waals surface area contributed by atoms with Gasteiger partial charge in [-0.1, -0.05) is 0 Å². The molecule has 0 saturated heterocycles. The minimum absolute atomic E-state index is 0.872. The van der Waals surface area contributed by atoms with Crippen molar-refractivity contribution in [1.29, 1.82) is 0 Å². The molecule has 0 saturated carbocycles. The molecule has 0 fully saturated rings. The van der Waals surface area contributed by atoms with E-state index in [-0.39, 0.29) is 0 Å². The van der Waals surface area contributed by atoms with Gasteiger partial charge >= 0.3 is 0 Å². The maximum absolute atomic E-state index is 5.24. The zero-order valence-corrected chi connectivity index (χ0v) is 9.77. The molecule has 4 heteroatoms. The van der Waals surface area contributed by atoms with E-state index < -0.39 is 0 Å². The second kappa shape index (κ2) is 3.66. The monoisotopic (exact) mass is 227 g/mol. The van der Waals surface area contributed by atoms with Crippen molar-refractivity contribution < 1.29 is 4.74 Å². The first-order valence-corrected chi connectivity index (χ1v) is 5.44. The van der Waals surface area contributed by atoms with E-state index in [1.807, 2.05) is 29.0 Å². The van der Waals surface area contributed by atoms with E-state index in [2.05, 4.69) is 16.9 Å². The smallest absolute Gasteiger partial charge is 0.119 e. The SMILES string of the molecule is COc1ccc2[nH]c(-n3ccnc3)c(C)c2c1. The molecule has 3 rings (SSSR count). The summed E-state index contributed by atoms with van der Waals surface area (Å²) in [5, 5.41) is 1.17. The number of imidazole rings is 1. The molecular formula is C13H13N3O. The van der Waals surface area contributed by atoms with E-state index in [1.54, 1.807) is 19.6 Å². The zero-order valence-electron chi connectivity index (χ0n) is 9.77. The molecule has 86 valence electrons. The number of benzene rings is 1. The molecule has 0 unspecified atom stereocenters. The van der Waals surface area contributed by atoms with Crippen molar-refractivity contribution in [3.63, 3.8) is 0 Å². The van der Waals surface area contributed by atoms with E-state index >= 15 is 0 Å². The fourth-order valence-electron chi connectivity index (χ4n) is 2.07. The second-order valence-corrected chi connectivity index (χ2v) is 3.98. The lowest BCUT2D eigenvalue weighted by molar-refractivity contribution is 0.415. The van der Waals surface area contributed by atoms with E-state index in [1.165, 1.54) is 10.9 Å². The van der Waals surface area contributed by atoms with Crippen LogP contribution in [0.15, 0.2) is 36.9 Å². The number of nitrogens with zero attached hydrogens (tertiary/aromatic N) is 2. The summed E-state index contributed by atoms with van der Waals surface area (Å²) in [6.07, 6.45) is 5.48. The topological polar surface area (TPSA) is 42.8 Å². The van der Waals surface area contributed by atoms with E-state index in [0.29, 0.717) is 0 Å². The summed E-state index contributed by atoms with van der Waals surface area (Å²) >= 11 is 0. The van der Waals surface area contributed by atoms with Gasteiger partial charge in [0, 0.05) is 23.3 Å². The molecule has 0 aliphatic heterocycles. The highest BCUT2D eigenvalue weighted by Crippen LogP contribution is 2.27. The van der Waals surface area contributed by atoms with Crippen LogP contribution in [0.2, 0.25) is 0 Å². The van der Waals surface area contributed by atoms with Crippen LogP contribution in [0, 0.1) is 6.92 Å². The number of ether oxygens (including phenoxy) is 1. The van der Waals surface area contributed by atoms with Crippen LogP contribution < -0.4 is 4.74 Å². The third-order valence-electron chi connectivity index (χ3n) is 3.00. The number of methoxy groups -OCH3 is 1. The van der Waals surface area contributed by atoms with Gasteiger partial charge in [0.15, 0.2) is 0 Å². The number of hydrogen-bond acceptors (Lipinski definition) is 2. The normalized spacial score (nSPS) is 10.9. The average molecular weight is 227 g/mol. The summed E-state index contributed by atoms with van der Waals surface area (Å²) in [4.78, 5) is 7.45. The predicted octanol–water partition coefficient (Wildman–Crippen LogP) is 2.67. The fourth-order valence-corrected chi connectivity index (χ4v) is 2.07. The molecule has 3 aromatic rings. The van der Waals surface area contributed by atoms with Crippen LogP contribution in [0.25, 0.3) is 16.7 Å². The van der Waals surface area contributed by atoms with Gasteiger partial charge in [-0.25, -0.2) is 4.98 Å². The van der Waals surface area contributed by atoms with Crippen molar-refractivity contribution in [2.75, 3.05) is 7.11 Å². The Balaban J connectivity index is 2.25. The number of fused-ring (bicyclic) bond motifs is 1. The molecule has 2 aromatic heterocycles. The molecule has 4 nitrogen and oxygen atoms in total. The molecule has 0 aliphatic rings. The van der Waals surface area contributed by atoms with Gasteiger partial charge < -0.3 is 9.72 Å². The Labute approximate surface area is 98.9 Å². The minimum atomic E-state index is 0.872. The largest absolute Gasteiger partial charge is 0.497 e. The highest BCUT2D eigenvalue weighted by atomic mass is 16.5. The average Bonchev–Trinajstić information content (AvgIpc) is 2.97. The maximum Gasteiger partial charge on any atom is 0.119 e. The van der Waals surface area contributed by atoms with E-state index in [9.17, 15) is 0 Å². The van der Waals surface area contributed by atoms with Gasteiger partial charge in [-0.3, -0.25) is 4.57 Å². The Hall–Kier alpha value is -2.23. The quantitative estimate of drug-likeness (QED) is 0.731. The van der Waals surface area contributed by atoms with Gasteiger partial charge in [0.25, 0.3) is 0 Å². The minimum Gasteiger partial charge on any atom is -0.497 e. The van der Waals surface area contributed by atoms with Gasteiger partial charge in [0.05, 0.1) is 7.11 Å². The van der Waals surface area contributed by atoms with Crippen molar-refractivity contribution in [1.82, 2.24) is 14.5 Å². The van der Waals surface area contributed by atoms with Crippen molar-refractivity contribution in [2.45, 2.75) is 6.92 Å². The second-order valence-electron chi connectivity index (χ2n) is 3.98. The zero-order chi connectivity index (χ0) is 11.8. The summed E-state index contributed by atoms with van der Waals surface area (Å²) < 4.78 is 7.22. The van der Waals surface area contributed by atoms with Crippen LogP contribution in [0.4, 0.5) is 0 Å². The fraction of sp³-hybridized carbons (Fsp3) is 0.154. The van der Waals surface area contributed by atoms with Crippen molar-refractivity contribution >= 4 is 10.9 Å². The number of H-pyrrole nitrogens is 1. The highest BCUT2D eigenvalue weighted by molar-refractivity contribution is 5.87. The Bertz CT molecular complexity index is 653. The van der Waals surface area contributed by atoms with Crippen LogP contribution in [-0.4, -0.2) is 21.6 Å². The number of aromatic amines is 1. The summed E-state index contributed by atoms with van der Waals surface area (Å²) in [6, 6.07) is 6.03. The standard InChI is InChI=1S/C13H13N3O/c1-9-11-7-10(17-2)3-4-12(11)15-13(9)16-6-5-14-8-16/h3-8,15H,1-2H3. The number of aryl methyl sites for hydroxylation is 1. The van der Waals surface area contributed by atoms with Gasteiger partial charge in [-0.05, 0) is 30.7 Å². The molecule has 0 aliphatic carbocycles. The van der Waals surface area contributed by atoms with Crippen LogP contribution in [0.5, 0.6) is 5.75 Å². The first-order valence-electron chi connectivity index (χ1n) is 5.44. The van der Waals surface area contributed by atoms with Crippen molar-refractivity contribution in [2.24, 2.45) is 0 Å². The third-order valence-corrected chi connectivity index (χ3v) is 3.00. The first-order chi connectivity index (χ1) is 8.29. The summed E-state index contributed by atoms with van der Waals surface area (Å²) in [5.74, 6) is 1.92. The Morgan fingerprint density at radius 1 is 1.35 bits per heavy atom. The number of hydrogen-bond donors (Lipinski definition) is 1. The van der Waals surface area contributed by atoms with Gasteiger partial charge in [0.1, 0.15) is 17.9 Å². The lowest BCUT2D eigenvalue weighted by atomic mass is 10.2. The lowest BCUT2D eigenvalue weighted by Gasteiger charge is -2.00. The number of aromatic nitrogens is 3. The molecule has 0 spiro atoms. The lowest BCUT2D eigenvalue weighted by Crippen LogP contribution is -1.91. The summed E-state index contributed by atoms with van der Waals surface area (Å²) in [7, 11) is 1.68. The van der Waals surface area contributed by atoms with Gasteiger partial charge in [-0.2, -0.15) is 0 Å². The Morgan fingerprint density at radius 2 is 2.24 bits per heavy atom. The van der Waals surface area contributed by atoms with E-state index in [0.717, 1.165) is 17.1 Å². The molecule has 1 N–H and O–H groups in total. The molecule has 0 amide bonds. The third kappa shape index (κ3) is 1.49. The van der Waals surface area contributed by atoms with Crippen LogP contribution in [0.3, 0.4) is 0 Å². The molecule has 0 bridgehead atoms. The summed E-state index contributed by atoms with van der Waals surface area (Å²) in [6.45, 7) is 2.09. The molecule has 0 atom stereocenters. The molecule has 17 heavy (non-hydrogen) atoms. The molecular weight excluding hydrogens is 214 g/mol. The van der Waals surface area contributed by atoms with Crippen molar-refractivity contribution in [3.8, 4) is 11.6 Å². The predicted molar refractivity (Wildman–Crippen MR) is 66.7 cm³/mol. The van der Waals surface area contributed by atoms with Crippen LogP contribution >= 0.6 is 0 Å². The first kappa shape index (κ1) is 9.96.